The smallest absolute Gasteiger partial charge is 0.305 e. The van der Waals surface area contributed by atoms with Gasteiger partial charge in [-0.15, -0.1) is 0 Å². The molecule has 1 saturated carbocycles. The second kappa shape index (κ2) is 4.81. The summed E-state index contributed by atoms with van der Waals surface area (Å²) in [7, 11) is 0. The number of fused-ring (bicyclic) bond motifs is 2. The quantitative estimate of drug-likeness (QED) is 0.869. The van der Waals surface area contributed by atoms with E-state index in [0.29, 0.717) is 6.61 Å². The zero-order chi connectivity index (χ0) is 14.2. The summed E-state index contributed by atoms with van der Waals surface area (Å²) in [5.74, 6) is -0.115. The molecule has 0 bridgehead atoms. The summed E-state index contributed by atoms with van der Waals surface area (Å²) in [5, 5.41) is 11.3. The standard InChI is InChI=1S/C15H17NO4/c17-13(18)5-7-16-14(19)11-9-15(11)6-8-20-12-4-2-1-3-10(12)15/h1-4,11H,5-9H2,(H,16,19)(H,17,18). The van der Waals surface area contributed by atoms with Crippen molar-refractivity contribution < 1.29 is 19.4 Å². The summed E-state index contributed by atoms with van der Waals surface area (Å²) < 4.78 is 5.63. The highest BCUT2D eigenvalue weighted by Gasteiger charge is 2.60. The number of amides is 1. The molecule has 1 aromatic carbocycles. The Morgan fingerprint density at radius 2 is 2.20 bits per heavy atom. The van der Waals surface area contributed by atoms with Gasteiger partial charge in [-0.05, 0) is 18.9 Å². The van der Waals surface area contributed by atoms with Crippen LogP contribution in [0.2, 0.25) is 0 Å². The molecule has 1 aliphatic carbocycles. The van der Waals surface area contributed by atoms with E-state index >= 15 is 0 Å². The van der Waals surface area contributed by atoms with Crippen molar-refractivity contribution in [2.45, 2.75) is 24.7 Å². The van der Waals surface area contributed by atoms with E-state index in [4.69, 9.17) is 9.84 Å². The van der Waals surface area contributed by atoms with Gasteiger partial charge in [-0.3, -0.25) is 9.59 Å². The minimum atomic E-state index is -0.896. The van der Waals surface area contributed by atoms with E-state index in [2.05, 4.69) is 5.32 Å². The van der Waals surface area contributed by atoms with Crippen molar-refractivity contribution in [1.29, 1.82) is 0 Å². The fraction of sp³-hybridized carbons (Fsp3) is 0.467. The van der Waals surface area contributed by atoms with E-state index in [1.807, 2.05) is 24.3 Å². The van der Waals surface area contributed by atoms with E-state index in [1.165, 1.54) is 0 Å². The normalized spacial score (nSPS) is 26.5. The van der Waals surface area contributed by atoms with Gasteiger partial charge in [0.2, 0.25) is 5.91 Å². The van der Waals surface area contributed by atoms with Gasteiger partial charge in [-0.25, -0.2) is 0 Å². The highest BCUT2D eigenvalue weighted by Crippen LogP contribution is 2.60. The van der Waals surface area contributed by atoms with Crippen molar-refractivity contribution in [2.24, 2.45) is 5.92 Å². The topological polar surface area (TPSA) is 75.6 Å². The lowest BCUT2D eigenvalue weighted by atomic mass is 9.87. The van der Waals surface area contributed by atoms with Crippen LogP contribution in [0.1, 0.15) is 24.8 Å². The molecule has 2 unspecified atom stereocenters. The molecule has 3 rings (SSSR count). The first-order chi connectivity index (χ1) is 9.63. The minimum Gasteiger partial charge on any atom is -0.493 e. The van der Waals surface area contributed by atoms with Crippen molar-refractivity contribution in [3.63, 3.8) is 0 Å². The number of nitrogens with one attached hydrogen (secondary N) is 1. The van der Waals surface area contributed by atoms with Crippen molar-refractivity contribution in [3.05, 3.63) is 29.8 Å². The fourth-order valence-electron chi connectivity index (χ4n) is 3.12. The van der Waals surface area contributed by atoms with Crippen LogP contribution in [0.15, 0.2) is 24.3 Å². The number of ether oxygens (including phenoxy) is 1. The van der Waals surface area contributed by atoms with Crippen molar-refractivity contribution in [1.82, 2.24) is 5.32 Å². The van der Waals surface area contributed by atoms with E-state index in [9.17, 15) is 9.59 Å². The third-order valence-corrected chi connectivity index (χ3v) is 4.26. The molecule has 1 amide bonds. The highest BCUT2D eigenvalue weighted by molar-refractivity contribution is 5.85. The monoisotopic (exact) mass is 275 g/mol. The van der Waals surface area contributed by atoms with Crippen LogP contribution < -0.4 is 10.1 Å². The fourth-order valence-corrected chi connectivity index (χ4v) is 3.12. The van der Waals surface area contributed by atoms with Crippen LogP contribution in [0.5, 0.6) is 5.75 Å². The number of carboxylic acids is 1. The Hall–Kier alpha value is -2.04. The molecular formula is C15H17NO4. The van der Waals surface area contributed by atoms with Crippen LogP contribution >= 0.6 is 0 Å². The molecule has 2 aliphatic rings. The van der Waals surface area contributed by atoms with Crippen LogP contribution in [0.3, 0.4) is 0 Å². The summed E-state index contributed by atoms with van der Waals surface area (Å²) >= 11 is 0. The second-order valence-electron chi connectivity index (χ2n) is 5.44. The van der Waals surface area contributed by atoms with Crippen molar-refractivity contribution in [3.8, 4) is 5.75 Å². The van der Waals surface area contributed by atoms with Gasteiger partial charge < -0.3 is 15.2 Å². The van der Waals surface area contributed by atoms with E-state index in [-0.39, 0.29) is 30.2 Å². The van der Waals surface area contributed by atoms with Crippen LogP contribution in [0, 0.1) is 5.92 Å². The number of rotatable bonds is 4. The maximum Gasteiger partial charge on any atom is 0.305 e. The number of carboxylic acid groups (broad SMARTS) is 1. The Kier molecular flexibility index (Phi) is 3.12. The number of hydrogen-bond acceptors (Lipinski definition) is 3. The van der Waals surface area contributed by atoms with Gasteiger partial charge in [0.1, 0.15) is 5.75 Å². The Morgan fingerprint density at radius 1 is 1.40 bits per heavy atom. The third kappa shape index (κ3) is 2.13. The van der Waals surface area contributed by atoms with E-state index in [1.54, 1.807) is 0 Å². The molecule has 1 heterocycles. The minimum absolute atomic E-state index is 0.0365. The first kappa shape index (κ1) is 13.0. The van der Waals surface area contributed by atoms with Gasteiger partial charge in [-0.2, -0.15) is 0 Å². The molecule has 1 aromatic rings. The molecular weight excluding hydrogens is 258 g/mol. The largest absolute Gasteiger partial charge is 0.493 e. The van der Waals surface area contributed by atoms with E-state index in [0.717, 1.165) is 24.2 Å². The second-order valence-corrected chi connectivity index (χ2v) is 5.44. The maximum atomic E-state index is 12.1. The Morgan fingerprint density at radius 3 is 3.00 bits per heavy atom. The summed E-state index contributed by atoms with van der Waals surface area (Å²) in [6.07, 6.45) is 1.64. The van der Waals surface area contributed by atoms with Crippen LogP contribution in [0.4, 0.5) is 0 Å². The van der Waals surface area contributed by atoms with E-state index < -0.39 is 5.97 Å². The lowest BCUT2D eigenvalue weighted by molar-refractivity contribution is -0.136. The number of carbonyl (C=O) groups is 2. The van der Waals surface area contributed by atoms with Gasteiger partial charge in [0.05, 0.1) is 13.0 Å². The predicted molar refractivity (Wildman–Crippen MR) is 71.6 cm³/mol. The first-order valence-electron chi connectivity index (χ1n) is 6.85. The third-order valence-electron chi connectivity index (χ3n) is 4.26. The van der Waals surface area contributed by atoms with Gasteiger partial charge in [0.25, 0.3) is 0 Å². The molecule has 5 nitrogen and oxygen atoms in total. The predicted octanol–water partition coefficient (Wildman–Crippen LogP) is 1.32. The SMILES string of the molecule is O=C(O)CCNC(=O)C1CC12CCOc1ccccc12. The van der Waals surface area contributed by atoms with Crippen LogP contribution in [-0.2, 0) is 15.0 Å². The van der Waals surface area contributed by atoms with Crippen LogP contribution in [-0.4, -0.2) is 30.1 Å². The molecule has 106 valence electrons. The highest BCUT2D eigenvalue weighted by atomic mass is 16.5. The number of benzene rings is 1. The summed E-state index contributed by atoms with van der Waals surface area (Å²) in [5.41, 5.74) is 1.02. The molecule has 1 aliphatic heterocycles. The summed E-state index contributed by atoms with van der Waals surface area (Å²) in [6, 6.07) is 7.86. The average Bonchev–Trinajstić information content (AvgIpc) is 3.14. The zero-order valence-electron chi connectivity index (χ0n) is 11.1. The summed E-state index contributed by atoms with van der Waals surface area (Å²) in [6.45, 7) is 0.828. The molecule has 2 N–H and O–H groups in total. The first-order valence-corrected chi connectivity index (χ1v) is 6.85. The number of para-hydroxylation sites is 1. The van der Waals surface area contributed by atoms with Gasteiger partial charge in [-0.1, -0.05) is 18.2 Å². The lowest BCUT2D eigenvalue weighted by Gasteiger charge is -2.26. The molecule has 0 aromatic heterocycles. The Bertz CT molecular complexity index is 557. The van der Waals surface area contributed by atoms with Crippen LogP contribution in [0.25, 0.3) is 0 Å². The summed E-state index contributed by atoms with van der Waals surface area (Å²) in [4.78, 5) is 22.6. The van der Waals surface area contributed by atoms with Crippen molar-refractivity contribution >= 4 is 11.9 Å². The average molecular weight is 275 g/mol. The Labute approximate surface area is 116 Å². The molecule has 0 radical (unpaired) electrons. The number of aliphatic carboxylic acids is 1. The number of carbonyl (C=O) groups excluding carboxylic acids is 1. The Balaban J connectivity index is 1.69. The van der Waals surface area contributed by atoms with Gasteiger partial charge >= 0.3 is 5.97 Å². The molecule has 5 heteroatoms. The molecule has 1 fully saturated rings. The van der Waals surface area contributed by atoms with Crippen molar-refractivity contribution in [2.75, 3.05) is 13.2 Å². The molecule has 20 heavy (non-hydrogen) atoms. The molecule has 2 atom stereocenters. The molecule has 0 saturated heterocycles. The number of hydrogen-bond donors (Lipinski definition) is 2. The molecule has 1 spiro atoms. The lowest BCUT2D eigenvalue weighted by Crippen LogP contribution is -2.32. The van der Waals surface area contributed by atoms with Gasteiger partial charge in [0.15, 0.2) is 0 Å². The van der Waals surface area contributed by atoms with Gasteiger partial charge in [0, 0.05) is 23.4 Å². The zero-order valence-corrected chi connectivity index (χ0v) is 11.1. The maximum absolute atomic E-state index is 12.1.